The first-order chi connectivity index (χ1) is 9.25. The quantitative estimate of drug-likeness (QED) is 0.261. The summed E-state index contributed by atoms with van der Waals surface area (Å²) in [5.41, 5.74) is 11.7. The van der Waals surface area contributed by atoms with Gasteiger partial charge in [0.25, 0.3) is 0 Å². The molecule has 4 nitrogen and oxygen atoms in total. The lowest BCUT2D eigenvalue weighted by atomic mass is 10.1. The average Bonchev–Trinajstić information content (AvgIpc) is 2.35. The summed E-state index contributed by atoms with van der Waals surface area (Å²) in [4.78, 5) is 0. The van der Waals surface area contributed by atoms with Crippen molar-refractivity contribution < 1.29 is 0 Å². The molecule has 110 valence electrons. The van der Waals surface area contributed by atoms with E-state index in [1.165, 1.54) is 0 Å². The Morgan fingerprint density at radius 3 is 1.40 bits per heavy atom. The van der Waals surface area contributed by atoms with Crippen molar-refractivity contribution in [1.82, 2.24) is 0 Å². The number of halogens is 4. The molecule has 1 rings (SSSR count). The van der Waals surface area contributed by atoms with Gasteiger partial charge in [-0.25, -0.2) is 0 Å². The second-order valence-corrected chi connectivity index (χ2v) is 7.07. The first-order valence-electron chi connectivity index (χ1n) is 5.03. The lowest BCUT2D eigenvalue weighted by Crippen LogP contribution is -2.06. The largest absolute Gasteiger partial charge is 0.379 e. The predicted molar refractivity (Wildman–Crippen MR) is 92.9 cm³/mol. The maximum absolute atomic E-state index is 7.22. The molecule has 0 unspecified atom stereocenters. The van der Waals surface area contributed by atoms with E-state index in [1.807, 2.05) is 0 Å². The number of thioether (sulfide) groups is 2. The van der Waals surface area contributed by atoms with E-state index in [0.717, 1.165) is 23.5 Å². The third kappa shape index (κ3) is 4.51. The summed E-state index contributed by atoms with van der Waals surface area (Å²) < 4.78 is 0. The number of amidine groups is 2. The maximum Gasteiger partial charge on any atom is 0.151 e. The average molecular weight is 392 g/mol. The fourth-order valence-electron chi connectivity index (χ4n) is 1.29. The molecule has 0 aliphatic heterocycles. The van der Waals surface area contributed by atoms with Crippen LogP contribution in [0.25, 0.3) is 0 Å². The number of nitrogens with one attached hydrogen (secondary N) is 2. The lowest BCUT2D eigenvalue weighted by Gasteiger charge is -2.15. The van der Waals surface area contributed by atoms with Gasteiger partial charge in [0.1, 0.15) is 0 Å². The fourth-order valence-corrected chi connectivity index (χ4v) is 3.99. The van der Waals surface area contributed by atoms with Crippen molar-refractivity contribution in [3.8, 4) is 0 Å². The molecule has 0 aromatic heterocycles. The number of rotatable bonds is 4. The van der Waals surface area contributed by atoms with Gasteiger partial charge < -0.3 is 11.5 Å². The topological polar surface area (TPSA) is 99.7 Å². The Hall–Kier alpha value is 0.0200. The molecule has 0 radical (unpaired) electrons. The van der Waals surface area contributed by atoms with Gasteiger partial charge in [0, 0.05) is 22.6 Å². The number of nitrogens with two attached hydrogens (primary N) is 2. The Kier molecular flexibility index (Phi) is 7.11. The number of benzene rings is 1. The lowest BCUT2D eigenvalue weighted by molar-refractivity contribution is 1.33. The van der Waals surface area contributed by atoms with Gasteiger partial charge in [-0.05, 0) is 0 Å². The molecule has 0 saturated heterocycles. The van der Waals surface area contributed by atoms with Gasteiger partial charge in [-0.2, -0.15) is 0 Å². The Balaban J connectivity index is 3.23. The van der Waals surface area contributed by atoms with Gasteiger partial charge in [-0.15, -0.1) is 0 Å². The zero-order chi connectivity index (χ0) is 15.4. The van der Waals surface area contributed by atoms with E-state index in [9.17, 15) is 0 Å². The third-order valence-corrected chi connectivity index (χ3v) is 5.54. The highest BCUT2D eigenvalue weighted by molar-refractivity contribution is 8.13. The second kappa shape index (κ2) is 7.87. The van der Waals surface area contributed by atoms with Crippen LogP contribution >= 0.6 is 69.9 Å². The smallest absolute Gasteiger partial charge is 0.151 e. The molecule has 0 fully saturated rings. The van der Waals surface area contributed by atoms with Crippen molar-refractivity contribution in [3.63, 3.8) is 0 Å². The van der Waals surface area contributed by atoms with Crippen molar-refractivity contribution in [2.75, 3.05) is 0 Å². The molecule has 0 atom stereocenters. The summed E-state index contributed by atoms with van der Waals surface area (Å²) >= 11 is 26.8. The van der Waals surface area contributed by atoms with Crippen molar-refractivity contribution in [2.45, 2.75) is 11.5 Å². The van der Waals surface area contributed by atoms with Crippen LogP contribution in [0.4, 0.5) is 0 Å². The maximum atomic E-state index is 7.22. The van der Waals surface area contributed by atoms with Crippen LogP contribution in [0.1, 0.15) is 11.1 Å². The van der Waals surface area contributed by atoms with Gasteiger partial charge in [0.2, 0.25) is 0 Å². The SMILES string of the molecule is N=C(N)SCc1c(Cl)c(Cl)c(Cl)c(CSC(=N)N)c1Cl. The first-order valence-corrected chi connectivity index (χ1v) is 8.51. The standard InChI is InChI=1S/C10H10Cl4N4S2/c11-5-3(1-19-9(15)16)6(12)8(14)7(13)4(5)2-20-10(17)18/h1-2H2,(H3,15,16)(H3,17,18). The van der Waals surface area contributed by atoms with Crippen LogP contribution in [0.5, 0.6) is 0 Å². The zero-order valence-corrected chi connectivity index (χ0v) is 14.6. The van der Waals surface area contributed by atoms with Gasteiger partial charge in [0.15, 0.2) is 10.3 Å². The van der Waals surface area contributed by atoms with E-state index in [4.69, 9.17) is 68.7 Å². The van der Waals surface area contributed by atoms with E-state index in [0.29, 0.717) is 27.7 Å². The van der Waals surface area contributed by atoms with Crippen LogP contribution in [0.2, 0.25) is 20.1 Å². The van der Waals surface area contributed by atoms with Gasteiger partial charge >= 0.3 is 0 Å². The zero-order valence-electron chi connectivity index (χ0n) is 9.90. The molecule has 0 heterocycles. The summed E-state index contributed by atoms with van der Waals surface area (Å²) in [5, 5.41) is 15.4. The molecule has 1 aromatic rings. The first kappa shape index (κ1) is 18.1. The molecule has 1 aromatic carbocycles. The van der Waals surface area contributed by atoms with Gasteiger partial charge in [0.05, 0.1) is 20.1 Å². The minimum atomic E-state index is -0.0529. The molecule has 0 saturated carbocycles. The van der Waals surface area contributed by atoms with Crippen molar-refractivity contribution >= 4 is 80.3 Å². The molecule has 0 amide bonds. The van der Waals surface area contributed by atoms with E-state index in [-0.39, 0.29) is 25.4 Å². The van der Waals surface area contributed by atoms with Crippen LogP contribution in [0, 0.1) is 10.8 Å². The second-order valence-electron chi connectivity index (χ2n) is 3.52. The third-order valence-electron chi connectivity index (χ3n) is 2.19. The minimum absolute atomic E-state index is 0.0529. The van der Waals surface area contributed by atoms with E-state index in [2.05, 4.69) is 0 Å². The van der Waals surface area contributed by atoms with E-state index >= 15 is 0 Å². The minimum Gasteiger partial charge on any atom is -0.379 e. The monoisotopic (exact) mass is 390 g/mol. The Bertz CT molecular complexity index is 520. The highest BCUT2D eigenvalue weighted by atomic mass is 35.5. The van der Waals surface area contributed by atoms with Crippen LogP contribution in [0.3, 0.4) is 0 Å². The molecule has 0 bridgehead atoms. The highest BCUT2D eigenvalue weighted by Crippen LogP contribution is 2.43. The van der Waals surface area contributed by atoms with Crippen LogP contribution in [-0.4, -0.2) is 10.3 Å². The molecule has 0 spiro atoms. The predicted octanol–water partition coefficient (Wildman–Crippen LogP) is 4.55. The van der Waals surface area contributed by atoms with Crippen molar-refractivity contribution in [1.29, 1.82) is 10.8 Å². The normalized spacial score (nSPS) is 10.6. The van der Waals surface area contributed by atoms with Crippen LogP contribution in [0.15, 0.2) is 0 Å². The van der Waals surface area contributed by atoms with Gasteiger partial charge in [-0.1, -0.05) is 69.9 Å². The number of hydrogen-bond donors (Lipinski definition) is 4. The molecule has 0 aliphatic carbocycles. The Morgan fingerprint density at radius 1 is 0.750 bits per heavy atom. The molecular formula is C10H10Cl4N4S2. The summed E-state index contributed by atoms with van der Waals surface area (Å²) in [6.45, 7) is 0. The summed E-state index contributed by atoms with van der Waals surface area (Å²) in [5.74, 6) is 0.614. The van der Waals surface area contributed by atoms with Crippen molar-refractivity contribution in [3.05, 3.63) is 31.2 Å². The van der Waals surface area contributed by atoms with Crippen LogP contribution in [-0.2, 0) is 11.5 Å². The Morgan fingerprint density at radius 2 is 1.10 bits per heavy atom. The highest BCUT2D eigenvalue weighted by Gasteiger charge is 2.20. The van der Waals surface area contributed by atoms with E-state index < -0.39 is 0 Å². The summed E-state index contributed by atoms with van der Waals surface area (Å²) in [6, 6.07) is 0. The molecule has 20 heavy (non-hydrogen) atoms. The Labute approximate surface area is 144 Å². The van der Waals surface area contributed by atoms with Gasteiger partial charge in [-0.3, -0.25) is 10.8 Å². The summed E-state index contributed by atoms with van der Waals surface area (Å²) in [7, 11) is 0. The summed E-state index contributed by atoms with van der Waals surface area (Å²) in [6.07, 6.45) is 0. The molecule has 10 heteroatoms. The number of hydrogen-bond acceptors (Lipinski definition) is 4. The van der Waals surface area contributed by atoms with Crippen LogP contribution < -0.4 is 11.5 Å². The van der Waals surface area contributed by atoms with E-state index in [1.54, 1.807) is 0 Å². The molecule has 0 aliphatic rings. The molecule has 6 N–H and O–H groups in total. The molecular weight excluding hydrogens is 382 g/mol. The van der Waals surface area contributed by atoms with Crippen molar-refractivity contribution in [2.24, 2.45) is 11.5 Å². The fraction of sp³-hybridized carbons (Fsp3) is 0.200.